The molecule has 186 valence electrons. The molecule has 4 rings (SSSR count). The molecule has 0 aliphatic carbocycles. The molecule has 0 bridgehead atoms. The molecular formula is C28H30N4O4. The predicted molar refractivity (Wildman–Crippen MR) is 142 cm³/mol. The van der Waals surface area contributed by atoms with Crippen LogP contribution in [-0.2, 0) is 13.1 Å². The first-order valence-corrected chi connectivity index (χ1v) is 11.5. The number of hydrogen-bond donors (Lipinski definition) is 3. The predicted octanol–water partition coefficient (Wildman–Crippen LogP) is 4.76. The number of carbonyl (C=O) groups excluding carboxylic acids is 1. The standard InChI is InChI=1S/C28H30N4O4/c1-17(26-22-11-8-20(27(29)33)14-23(22)31-28(26)34)30-21-9-5-18(6-10-21)15-32(2)16-19-7-12-24(35-3)25(13-19)36-4/h5-14,31,34H,15-16H2,1-4H3,(H2,29,33). The van der Waals surface area contributed by atoms with Gasteiger partial charge in [-0.1, -0.05) is 24.3 Å². The summed E-state index contributed by atoms with van der Waals surface area (Å²) in [6.07, 6.45) is 0. The number of ether oxygens (including phenoxy) is 2. The molecular weight excluding hydrogens is 456 g/mol. The van der Waals surface area contributed by atoms with Gasteiger partial charge in [-0.25, -0.2) is 0 Å². The normalized spacial score (nSPS) is 11.8. The summed E-state index contributed by atoms with van der Waals surface area (Å²) in [5, 5.41) is 11.2. The Kier molecular flexibility index (Phi) is 7.26. The second kappa shape index (κ2) is 10.5. The van der Waals surface area contributed by atoms with Crippen LogP contribution in [0.25, 0.3) is 10.9 Å². The quantitative estimate of drug-likeness (QED) is 0.295. The number of aromatic amines is 1. The van der Waals surface area contributed by atoms with Crippen molar-refractivity contribution in [3.05, 3.63) is 82.9 Å². The van der Waals surface area contributed by atoms with Crippen molar-refractivity contribution < 1.29 is 19.4 Å². The number of amides is 1. The number of nitrogens with zero attached hydrogens (tertiary/aromatic N) is 2. The van der Waals surface area contributed by atoms with Crippen molar-refractivity contribution in [3.8, 4) is 17.4 Å². The SMILES string of the molecule is COc1ccc(CN(C)Cc2ccc(N=C(C)c3c(O)[nH]c4cc(C(N)=O)ccc34)cc2)cc1OC. The lowest BCUT2D eigenvalue weighted by Gasteiger charge is -2.18. The number of aromatic nitrogens is 1. The highest BCUT2D eigenvalue weighted by Gasteiger charge is 2.15. The van der Waals surface area contributed by atoms with Gasteiger partial charge >= 0.3 is 0 Å². The number of nitrogens with two attached hydrogens (primary N) is 1. The van der Waals surface area contributed by atoms with E-state index in [9.17, 15) is 9.90 Å². The molecule has 0 aliphatic heterocycles. The molecule has 0 aliphatic rings. The molecule has 8 nitrogen and oxygen atoms in total. The maximum Gasteiger partial charge on any atom is 0.248 e. The fourth-order valence-electron chi connectivity index (χ4n) is 4.29. The lowest BCUT2D eigenvalue weighted by atomic mass is 10.1. The molecule has 0 saturated carbocycles. The Morgan fingerprint density at radius 2 is 1.64 bits per heavy atom. The van der Waals surface area contributed by atoms with Gasteiger partial charge in [0.05, 0.1) is 31.2 Å². The second-order valence-electron chi connectivity index (χ2n) is 8.70. The topological polar surface area (TPSA) is 113 Å². The van der Waals surface area contributed by atoms with Crippen LogP contribution in [0.3, 0.4) is 0 Å². The van der Waals surface area contributed by atoms with Gasteiger partial charge in [-0.3, -0.25) is 14.7 Å². The molecule has 0 atom stereocenters. The number of methoxy groups -OCH3 is 2. The van der Waals surface area contributed by atoms with Crippen LogP contribution in [0.2, 0.25) is 0 Å². The van der Waals surface area contributed by atoms with E-state index in [1.807, 2.05) is 49.4 Å². The Morgan fingerprint density at radius 3 is 2.31 bits per heavy atom. The minimum atomic E-state index is -0.521. The molecule has 36 heavy (non-hydrogen) atoms. The largest absolute Gasteiger partial charge is 0.494 e. The summed E-state index contributed by atoms with van der Waals surface area (Å²) in [6, 6.07) is 19.0. The number of H-pyrrole nitrogens is 1. The molecule has 3 aromatic carbocycles. The fourth-order valence-corrected chi connectivity index (χ4v) is 4.29. The smallest absolute Gasteiger partial charge is 0.248 e. The molecule has 4 aromatic rings. The minimum absolute atomic E-state index is 0.00118. The lowest BCUT2D eigenvalue weighted by Crippen LogP contribution is -2.17. The molecule has 1 heterocycles. The van der Waals surface area contributed by atoms with Crippen LogP contribution in [0.1, 0.15) is 34.0 Å². The van der Waals surface area contributed by atoms with Crippen LogP contribution in [-0.4, -0.2) is 47.9 Å². The first-order valence-electron chi connectivity index (χ1n) is 11.5. The van der Waals surface area contributed by atoms with E-state index in [0.717, 1.165) is 41.0 Å². The molecule has 0 saturated heterocycles. The summed E-state index contributed by atoms with van der Waals surface area (Å²) in [6.45, 7) is 3.37. The van der Waals surface area contributed by atoms with Crippen LogP contribution in [0.5, 0.6) is 17.4 Å². The lowest BCUT2D eigenvalue weighted by molar-refractivity contribution is 0.100. The maximum absolute atomic E-state index is 11.5. The molecule has 1 amide bonds. The van der Waals surface area contributed by atoms with Crippen molar-refractivity contribution >= 4 is 28.2 Å². The van der Waals surface area contributed by atoms with Gasteiger partial charge in [0.15, 0.2) is 17.4 Å². The molecule has 0 radical (unpaired) electrons. The van der Waals surface area contributed by atoms with E-state index in [2.05, 4.69) is 16.9 Å². The van der Waals surface area contributed by atoms with Gasteiger partial charge in [-0.15, -0.1) is 0 Å². The summed E-state index contributed by atoms with van der Waals surface area (Å²) in [7, 11) is 5.33. The van der Waals surface area contributed by atoms with Crippen LogP contribution in [0, 0.1) is 0 Å². The van der Waals surface area contributed by atoms with E-state index in [1.165, 1.54) is 0 Å². The Morgan fingerprint density at radius 1 is 0.972 bits per heavy atom. The van der Waals surface area contributed by atoms with Gasteiger partial charge < -0.3 is 25.3 Å². The second-order valence-corrected chi connectivity index (χ2v) is 8.70. The Hall–Kier alpha value is -4.30. The van der Waals surface area contributed by atoms with E-state index in [1.54, 1.807) is 32.4 Å². The van der Waals surface area contributed by atoms with Crippen molar-refractivity contribution in [2.75, 3.05) is 21.3 Å². The molecule has 0 spiro atoms. The van der Waals surface area contributed by atoms with Gasteiger partial charge in [-0.05, 0) is 61.5 Å². The molecule has 1 aromatic heterocycles. The average Bonchev–Trinajstić information content (AvgIpc) is 3.19. The highest BCUT2D eigenvalue weighted by Crippen LogP contribution is 2.30. The third-order valence-electron chi connectivity index (χ3n) is 6.01. The minimum Gasteiger partial charge on any atom is -0.494 e. The summed E-state index contributed by atoms with van der Waals surface area (Å²) in [5.74, 6) is 0.913. The van der Waals surface area contributed by atoms with Crippen LogP contribution >= 0.6 is 0 Å². The third kappa shape index (κ3) is 5.34. The zero-order chi connectivity index (χ0) is 25.8. The molecule has 4 N–H and O–H groups in total. The number of primary amides is 1. The third-order valence-corrected chi connectivity index (χ3v) is 6.01. The fraction of sp³-hybridized carbons (Fsp3) is 0.214. The number of hydrogen-bond acceptors (Lipinski definition) is 6. The summed E-state index contributed by atoms with van der Waals surface area (Å²) >= 11 is 0. The summed E-state index contributed by atoms with van der Waals surface area (Å²) < 4.78 is 10.7. The maximum atomic E-state index is 11.5. The molecule has 0 fully saturated rings. The van der Waals surface area contributed by atoms with Gasteiger partial charge in [0.1, 0.15) is 0 Å². The summed E-state index contributed by atoms with van der Waals surface area (Å²) in [4.78, 5) is 21.3. The van der Waals surface area contributed by atoms with E-state index in [4.69, 9.17) is 20.2 Å². The van der Waals surface area contributed by atoms with Crippen molar-refractivity contribution in [2.24, 2.45) is 10.7 Å². The van der Waals surface area contributed by atoms with Crippen LogP contribution in [0.15, 0.2) is 65.7 Å². The Balaban J connectivity index is 1.46. The van der Waals surface area contributed by atoms with Gasteiger partial charge in [0.2, 0.25) is 5.91 Å². The van der Waals surface area contributed by atoms with Gasteiger partial charge in [0, 0.05) is 29.6 Å². The van der Waals surface area contributed by atoms with Crippen LogP contribution < -0.4 is 15.2 Å². The number of aromatic hydroxyl groups is 1. The van der Waals surface area contributed by atoms with Gasteiger partial charge in [0.25, 0.3) is 0 Å². The van der Waals surface area contributed by atoms with Crippen LogP contribution in [0.4, 0.5) is 5.69 Å². The molecule has 8 heteroatoms. The van der Waals surface area contributed by atoms with Crippen molar-refractivity contribution in [1.29, 1.82) is 0 Å². The highest BCUT2D eigenvalue weighted by molar-refractivity contribution is 6.13. The van der Waals surface area contributed by atoms with E-state index in [0.29, 0.717) is 28.1 Å². The van der Waals surface area contributed by atoms with E-state index in [-0.39, 0.29) is 5.88 Å². The summed E-state index contributed by atoms with van der Waals surface area (Å²) in [5.41, 5.74) is 10.7. The Bertz CT molecular complexity index is 1420. The van der Waals surface area contributed by atoms with Crippen molar-refractivity contribution in [3.63, 3.8) is 0 Å². The van der Waals surface area contributed by atoms with E-state index >= 15 is 0 Å². The van der Waals surface area contributed by atoms with Crippen molar-refractivity contribution in [1.82, 2.24) is 9.88 Å². The van der Waals surface area contributed by atoms with Gasteiger partial charge in [-0.2, -0.15) is 0 Å². The molecule has 0 unspecified atom stereocenters. The number of carbonyl (C=O) groups is 1. The first-order chi connectivity index (χ1) is 17.3. The number of fused-ring (bicyclic) bond motifs is 1. The number of rotatable bonds is 9. The highest BCUT2D eigenvalue weighted by atomic mass is 16.5. The first kappa shape index (κ1) is 24.8. The zero-order valence-corrected chi connectivity index (χ0v) is 20.8. The average molecular weight is 487 g/mol. The number of benzene rings is 3. The zero-order valence-electron chi connectivity index (χ0n) is 20.8. The Labute approximate surface area is 210 Å². The monoisotopic (exact) mass is 486 g/mol. The number of aliphatic imine (C=N–C) groups is 1. The van der Waals surface area contributed by atoms with E-state index < -0.39 is 5.91 Å². The van der Waals surface area contributed by atoms with Crippen molar-refractivity contribution in [2.45, 2.75) is 20.0 Å². The number of nitrogens with one attached hydrogen (secondary N) is 1.